The molecule has 1 heterocycles. The zero-order valence-corrected chi connectivity index (χ0v) is 15.7. The van der Waals surface area contributed by atoms with Gasteiger partial charge >= 0.3 is 5.97 Å². The minimum Gasteiger partial charge on any atom is -0.493 e. The molecule has 0 spiro atoms. The van der Waals surface area contributed by atoms with Crippen LogP contribution in [-0.4, -0.2) is 42.2 Å². The van der Waals surface area contributed by atoms with E-state index in [0.29, 0.717) is 39.8 Å². The monoisotopic (exact) mass is 380 g/mol. The van der Waals surface area contributed by atoms with Crippen LogP contribution in [0.25, 0.3) is 0 Å². The van der Waals surface area contributed by atoms with Crippen LogP contribution in [0, 0.1) is 3.95 Å². The van der Waals surface area contributed by atoms with Gasteiger partial charge in [0, 0.05) is 20.3 Å². The fraction of sp³-hybridized carbons (Fsp3) is 0.353. The number of hydrogen-bond donors (Lipinski definition) is 1. The standard InChI is InChI=1S/C17H20N2O4S2/c1-3-23-16(21)12-7-4-5-8-13(12)18-11-14-15(20)19(17(24)25-14)9-6-10-22-2/h4-5,7-8,11,20H,3,6,9-10H2,1-2H3. The number of thiazole rings is 1. The van der Waals surface area contributed by atoms with Crippen LogP contribution in [0.1, 0.15) is 28.6 Å². The molecule has 6 nitrogen and oxygen atoms in total. The Morgan fingerprint density at radius 2 is 2.20 bits per heavy atom. The number of carbonyl (C=O) groups is 1. The lowest BCUT2D eigenvalue weighted by molar-refractivity contribution is 0.0527. The highest BCUT2D eigenvalue weighted by Crippen LogP contribution is 2.26. The highest BCUT2D eigenvalue weighted by atomic mass is 32.1. The summed E-state index contributed by atoms with van der Waals surface area (Å²) in [7, 11) is 1.63. The minimum atomic E-state index is -0.427. The Labute approximate surface area is 155 Å². The van der Waals surface area contributed by atoms with Gasteiger partial charge in [-0.15, -0.1) is 0 Å². The lowest BCUT2D eigenvalue weighted by atomic mass is 10.2. The predicted octanol–water partition coefficient (Wildman–Crippen LogP) is 3.95. The first kappa shape index (κ1) is 19.3. The highest BCUT2D eigenvalue weighted by molar-refractivity contribution is 7.73. The first-order valence-corrected chi connectivity index (χ1v) is 9.02. The second-order valence-electron chi connectivity index (χ2n) is 5.05. The number of hydrogen-bond acceptors (Lipinski definition) is 7. The van der Waals surface area contributed by atoms with Gasteiger partial charge in [0.2, 0.25) is 5.88 Å². The number of ether oxygens (including phenoxy) is 2. The lowest BCUT2D eigenvalue weighted by Gasteiger charge is -2.05. The molecule has 0 amide bonds. The van der Waals surface area contributed by atoms with Gasteiger partial charge in [0.15, 0.2) is 3.95 Å². The van der Waals surface area contributed by atoms with Crippen molar-refractivity contribution in [3.8, 4) is 5.88 Å². The van der Waals surface area contributed by atoms with E-state index < -0.39 is 5.97 Å². The molecular formula is C17H20N2O4S2. The SMILES string of the molecule is CCOC(=O)c1ccccc1N=Cc1sc(=S)n(CCCOC)c1O. The molecule has 0 atom stereocenters. The van der Waals surface area contributed by atoms with Crippen molar-refractivity contribution in [1.82, 2.24) is 4.57 Å². The lowest BCUT2D eigenvalue weighted by Crippen LogP contribution is -2.04. The van der Waals surface area contributed by atoms with E-state index in [1.54, 1.807) is 42.9 Å². The average molecular weight is 380 g/mol. The molecule has 0 aliphatic heterocycles. The molecule has 1 N–H and O–H groups in total. The first-order valence-electron chi connectivity index (χ1n) is 7.80. The van der Waals surface area contributed by atoms with Gasteiger partial charge in [-0.05, 0) is 37.7 Å². The zero-order chi connectivity index (χ0) is 18.2. The van der Waals surface area contributed by atoms with Crippen LogP contribution >= 0.6 is 23.6 Å². The van der Waals surface area contributed by atoms with Crippen LogP contribution in [0.2, 0.25) is 0 Å². The normalized spacial score (nSPS) is 11.1. The Morgan fingerprint density at radius 3 is 2.92 bits per heavy atom. The van der Waals surface area contributed by atoms with Crippen molar-refractivity contribution in [2.75, 3.05) is 20.3 Å². The van der Waals surface area contributed by atoms with Crippen LogP contribution in [-0.2, 0) is 16.0 Å². The second kappa shape index (κ2) is 9.45. The van der Waals surface area contributed by atoms with Crippen molar-refractivity contribution in [3.63, 3.8) is 0 Å². The number of rotatable bonds is 8. The molecule has 0 radical (unpaired) electrons. The zero-order valence-electron chi connectivity index (χ0n) is 14.1. The third kappa shape index (κ3) is 4.97. The minimum absolute atomic E-state index is 0.0727. The van der Waals surface area contributed by atoms with E-state index in [9.17, 15) is 9.90 Å². The fourth-order valence-electron chi connectivity index (χ4n) is 2.16. The molecule has 0 aliphatic rings. The van der Waals surface area contributed by atoms with E-state index in [0.717, 1.165) is 6.42 Å². The van der Waals surface area contributed by atoms with Gasteiger partial charge < -0.3 is 14.6 Å². The van der Waals surface area contributed by atoms with E-state index in [2.05, 4.69) is 4.99 Å². The molecule has 0 aliphatic carbocycles. The van der Waals surface area contributed by atoms with Crippen LogP contribution in [0.4, 0.5) is 5.69 Å². The van der Waals surface area contributed by atoms with Crippen molar-refractivity contribution in [3.05, 3.63) is 38.7 Å². The number of aromatic hydroxyl groups is 1. The second-order valence-corrected chi connectivity index (χ2v) is 6.73. The quantitative estimate of drug-likeness (QED) is 0.325. The maximum absolute atomic E-state index is 12.0. The summed E-state index contributed by atoms with van der Waals surface area (Å²) in [6.07, 6.45) is 2.26. The Kier molecular flexibility index (Phi) is 7.30. The van der Waals surface area contributed by atoms with Crippen molar-refractivity contribution in [2.24, 2.45) is 4.99 Å². The fourth-order valence-corrected chi connectivity index (χ4v) is 3.39. The maximum Gasteiger partial charge on any atom is 0.340 e. The van der Waals surface area contributed by atoms with Gasteiger partial charge in [-0.25, -0.2) is 4.79 Å². The molecule has 134 valence electrons. The van der Waals surface area contributed by atoms with Crippen molar-refractivity contribution in [1.29, 1.82) is 0 Å². The van der Waals surface area contributed by atoms with Gasteiger partial charge in [-0.2, -0.15) is 0 Å². The van der Waals surface area contributed by atoms with Gasteiger partial charge in [-0.3, -0.25) is 9.56 Å². The third-order valence-electron chi connectivity index (χ3n) is 3.34. The summed E-state index contributed by atoms with van der Waals surface area (Å²) in [5.74, 6) is -0.354. The molecule has 25 heavy (non-hydrogen) atoms. The summed E-state index contributed by atoms with van der Waals surface area (Å²) in [5.41, 5.74) is 0.855. The van der Waals surface area contributed by atoms with Crippen molar-refractivity contribution in [2.45, 2.75) is 19.9 Å². The number of carbonyl (C=O) groups excluding carboxylic acids is 1. The predicted molar refractivity (Wildman–Crippen MR) is 101 cm³/mol. The van der Waals surface area contributed by atoms with Crippen molar-refractivity contribution < 1.29 is 19.4 Å². The molecule has 0 saturated carbocycles. The Bertz CT molecular complexity index is 811. The number of esters is 1. The van der Waals surface area contributed by atoms with Crippen LogP contribution in [0.5, 0.6) is 5.88 Å². The van der Waals surface area contributed by atoms with E-state index >= 15 is 0 Å². The maximum atomic E-state index is 12.0. The molecule has 1 aromatic heterocycles. The molecule has 2 rings (SSSR count). The molecule has 0 unspecified atom stereocenters. The summed E-state index contributed by atoms with van der Waals surface area (Å²) in [5, 5.41) is 10.3. The number of nitrogens with zero attached hydrogens (tertiary/aromatic N) is 2. The van der Waals surface area contributed by atoms with Crippen molar-refractivity contribution >= 4 is 41.4 Å². The van der Waals surface area contributed by atoms with E-state index in [4.69, 9.17) is 21.7 Å². The summed E-state index contributed by atoms with van der Waals surface area (Å²) in [4.78, 5) is 16.8. The Morgan fingerprint density at radius 1 is 1.44 bits per heavy atom. The van der Waals surface area contributed by atoms with Gasteiger partial charge in [-0.1, -0.05) is 23.5 Å². The third-order valence-corrected chi connectivity index (χ3v) is 4.72. The van der Waals surface area contributed by atoms with Gasteiger partial charge in [0.1, 0.15) is 4.88 Å². The van der Waals surface area contributed by atoms with Gasteiger partial charge in [0.25, 0.3) is 0 Å². The average Bonchev–Trinajstić information content (AvgIpc) is 2.88. The molecule has 0 saturated heterocycles. The Balaban J connectivity index is 2.24. The largest absolute Gasteiger partial charge is 0.493 e. The number of methoxy groups -OCH3 is 1. The Hall–Kier alpha value is -2.03. The van der Waals surface area contributed by atoms with E-state index in [-0.39, 0.29) is 5.88 Å². The molecule has 1 aromatic carbocycles. The number of benzene rings is 1. The molecule has 0 fully saturated rings. The molecule has 8 heteroatoms. The van der Waals surface area contributed by atoms with Crippen LogP contribution < -0.4 is 0 Å². The topological polar surface area (TPSA) is 73.0 Å². The number of para-hydroxylation sites is 1. The molecule has 2 aromatic rings. The summed E-state index contributed by atoms with van der Waals surface area (Å²) in [6.45, 7) is 3.21. The highest BCUT2D eigenvalue weighted by Gasteiger charge is 2.13. The first-order chi connectivity index (χ1) is 12.1. The van der Waals surface area contributed by atoms with Gasteiger partial charge in [0.05, 0.1) is 24.1 Å². The molecular weight excluding hydrogens is 360 g/mol. The van der Waals surface area contributed by atoms with Crippen LogP contribution in [0.3, 0.4) is 0 Å². The summed E-state index contributed by atoms with van der Waals surface area (Å²) >= 11 is 6.55. The summed E-state index contributed by atoms with van der Waals surface area (Å²) in [6, 6.07) is 6.91. The number of aliphatic imine (C=N–C) groups is 1. The van der Waals surface area contributed by atoms with Crippen LogP contribution in [0.15, 0.2) is 29.3 Å². The smallest absolute Gasteiger partial charge is 0.340 e. The van der Waals surface area contributed by atoms with E-state index in [1.165, 1.54) is 17.6 Å². The molecule has 0 bridgehead atoms. The van der Waals surface area contributed by atoms with E-state index in [1.807, 2.05) is 0 Å². The summed E-state index contributed by atoms with van der Waals surface area (Å²) < 4.78 is 12.3. The number of aromatic nitrogens is 1.